The summed E-state index contributed by atoms with van der Waals surface area (Å²) in [4.78, 5) is 5.81. The highest BCUT2D eigenvalue weighted by molar-refractivity contribution is 7.13. The molecule has 1 unspecified atom stereocenters. The van der Waals surface area contributed by atoms with Gasteiger partial charge in [-0.25, -0.2) is 4.98 Å². The summed E-state index contributed by atoms with van der Waals surface area (Å²) in [6.45, 7) is -0.251. The van der Waals surface area contributed by atoms with E-state index in [4.69, 9.17) is 9.84 Å². The van der Waals surface area contributed by atoms with Crippen LogP contribution in [0.15, 0.2) is 29.6 Å². The second kappa shape index (κ2) is 7.29. The van der Waals surface area contributed by atoms with Gasteiger partial charge in [0.2, 0.25) is 0 Å². The number of aromatic nitrogens is 1. The summed E-state index contributed by atoms with van der Waals surface area (Å²) in [6, 6.07) is 7.39. The Bertz CT molecular complexity index is 628. The highest BCUT2D eigenvalue weighted by Crippen LogP contribution is 2.26. The number of likely N-dealkylation sites (N-methyl/N-ethyl adjacent to an activating group) is 1. The van der Waals surface area contributed by atoms with Crippen molar-refractivity contribution in [1.82, 2.24) is 9.88 Å². The molecule has 0 aliphatic carbocycles. The molecule has 1 heterocycles. The lowest BCUT2D eigenvalue weighted by atomic mass is 10.2. The molecule has 0 amide bonds. The smallest absolute Gasteiger partial charge is 0.415 e. The zero-order valence-electron chi connectivity index (χ0n) is 12.7. The molecule has 0 fully saturated rings. The van der Waals surface area contributed by atoms with Gasteiger partial charge >= 0.3 is 6.18 Å². The Balaban J connectivity index is 1.98. The molecule has 0 aliphatic rings. The second-order valence-corrected chi connectivity index (χ2v) is 5.98. The van der Waals surface area contributed by atoms with Gasteiger partial charge in [0.15, 0.2) is 6.10 Å². The van der Waals surface area contributed by atoms with Crippen LogP contribution in [0.3, 0.4) is 0 Å². The van der Waals surface area contributed by atoms with Crippen LogP contribution in [-0.4, -0.2) is 48.0 Å². The Morgan fingerprint density at radius 1 is 1.30 bits per heavy atom. The first kappa shape index (κ1) is 17.7. The highest BCUT2D eigenvalue weighted by atomic mass is 32.1. The number of aliphatic hydroxyl groups excluding tert-OH is 1. The van der Waals surface area contributed by atoms with Gasteiger partial charge in [-0.2, -0.15) is 13.2 Å². The van der Waals surface area contributed by atoms with Gasteiger partial charge in [0.05, 0.1) is 12.8 Å². The van der Waals surface area contributed by atoms with E-state index in [0.717, 1.165) is 16.3 Å². The van der Waals surface area contributed by atoms with Gasteiger partial charge in [0.25, 0.3) is 0 Å². The molecule has 1 N–H and O–H groups in total. The molecule has 0 radical (unpaired) electrons. The molecule has 2 aromatic rings. The van der Waals surface area contributed by atoms with Crippen molar-refractivity contribution < 1.29 is 23.0 Å². The van der Waals surface area contributed by atoms with Crippen molar-refractivity contribution in [2.45, 2.75) is 18.8 Å². The topological polar surface area (TPSA) is 45.6 Å². The number of hydrogen-bond donors (Lipinski definition) is 1. The molecular formula is C15H17F3N2O2S. The van der Waals surface area contributed by atoms with E-state index < -0.39 is 18.8 Å². The largest absolute Gasteiger partial charge is 0.497 e. The number of thiazole rings is 1. The van der Waals surface area contributed by atoms with Gasteiger partial charge in [0.1, 0.15) is 10.8 Å². The summed E-state index contributed by atoms with van der Waals surface area (Å²) >= 11 is 1.42. The Kier molecular flexibility index (Phi) is 5.61. The number of methoxy groups -OCH3 is 1. The van der Waals surface area contributed by atoms with Crippen LogP contribution in [-0.2, 0) is 6.54 Å². The van der Waals surface area contributed by atoms with Crippen LogP contribution in [0.2, 0.25) is 0 Å². The fourth-order valence-corrected chi connectivity index (χ4v) is 2.80. The summed E-state index contributed by atoms with van der Waals surface area (Å²) in [5.41, 5.74) is 1.58. The predicted molar refractivity (Wildman–Crippen MR) is 82.5 cm³/mol. The first-order valence-corrected chi connectivity index (χ1v) is 7.69. The maximum absolute atomic E-state index is 12.3. The molecule has 0 saturated heterocycles. The first-order chi connectivity index (χ1) is 10.8. The average molecular weight is 346 g/mol. The van der Waals surface area contributed by atoms with Crippen LogP contribution in [0.4, 0.5) is 13.2 Å². The van der Waals surface area contributed by atoms with Crippen LogP contribution in [0, 0.1) is 0 Å². The Morgan fingerprint density at radius 3 is 2.52 bits per heavy atom. The van der Waals surface area contributed by atoms with Crippen molar-refractivity contribution in [2.75, 3.05) is 20.7 Å². The molecule has 2 rings (SSSR count). The molecule has 1 aromatic carbocycles. The fourth-order valence-electron chi connectivity index (χ4n) is 1.99. The van der Waals surface area contributed by atoms with E-state index in [9.17, 15) is 13.2 Å². The number of rotatable bonds is 6. The predicted octanol–water partition coefficient (Wildman–Crippen LogP) is 3.17. The number of aliphatic hydroxyl groups is 1. The highest BCUT2D eigenvalue weighted by Gasteiger charge is 2.38. The normalized spacial score (nSPS) is 13.3. The number of benzene rings is 1. The third-order valence-corrected chi connectivity index (χ3v) is 4.12. The number of nitrogens with zero attached hydrogens (tertiary/aromatic N) is 2. The molecule has 0 saturated carbocycles. The summed E-state index contributed by atoms with van der Waals surface area (Å²) < 4.78 is 42.1. The van der Waals surface area contributed by atoms with E-state index in [1.165, 1.54) is 23.3 Å². The van der Waals surface area contributed by atoms with Crippen LogP contribution in [0.5, 0.6) is 5.75 Å². The number of hydrogen-bond acceptors (Lipinski definition) is 5. The van der Waals surface area contributed by atoms with Crippen LogP contribution >= 0.6 is 11.3 Å². The van der Waals surface area contributed by atoms with Crippen molar-refractivity contribution in [3.8, 4) is 16.3 Å². The molecule has 126 valence electrons. The molecule has 0 bridgehead atoms. The molecule has 0 aliphatic heterocycles. The van der Waals surface area contributed by atoms with Gasteiger partial charge in [-0.1, -0.05) is 0 Å². The summed E-state index contributed by atoms with van der Waals surface area (Å²) in [5.74, 6) is 0.742. The lowest BCUT2D eigenvalue weighted by molar-refractivity contribution is -0.207. The number of ether oxygens (including phenoxy) is 1. The Hall–Kier alpha value is -1.64. The lowest BCUT2D eigenvalue weighted by Crippen LogP contribution is -2.39. The van der Waals surface area contributed by atoms with Crippen molar-refractivity contribution in [1.29, 1.82) is 0 Å². The maximum atomic E-state index is 12.3. The molecule has 1 aromatic heterocycles. The van der Waals surface area contributed by atoms with Crippen LogP contribution in [0.1, 0.15) is 5.69 Å². The third kappa shape index (κ3) is 4.92. The molecular weight excluding hydrogens is 329 g/mol. The molecule has 4 nitrogen and oxygen atoms in total. The van der Waals surface area contributed by atoms with E-state index >= 15 is 0 Å². The van der Waals surface area contributed by atoms with Gasteiger partial charge in [-0.15, -0.1) is 11.3 Å². The van der Waals surface area contributed by atoms with Crippen LogP contribution in [0.25, 0.3) is 10.6 Å². The third-order valence-electron chi connectivity index (χ3n) is 3.18. The van der Waals surface area contributed by atoms with Crippen molar-refractivity contribution >= 4 is 11.3 Å². The SMILES string of the molecule is COc1ccc(-c2nc(CN(C)CC(O)C(F)(F)F)cs2)cc1. The number of alkyl halides is 3. The average Bonchev–Trinajstić information content (AvgIpc) is 2.94. The minimum Gasteiger partial charge on any atom is -0.497 e. The minimum absolute atomic E-state index is 0.236. The van der Waals surface area contributed by atoms with E-state index in [1.54, 1.807) is 12.5 Å². The van der Waals surface area contributed by atoms with Crippen molar-refractivity contribution in [2.24, 2.45) is 0 Å². The summed E-state index contributed by atoms with van der Waals surface area (Å²) in [6.07, 6.45) is -6.96. The van der Waals surface area contributed by atoms with Gasteiger partial charge in [-0.05, 0) is 31.3 Å². The Morgan fingerprint density at radius 2 is 1.96 bits per heavy atom. The van der Waals surface area contributed by atoms with E-state index in [1.807, 2.05) is 24.3 Å². The number of halogens is 3. The van der Waals surface area contributed by atoms with Gasteiger partial charge in [0, 0.05) is 24.0 Å². The van der Waals surface area contributed by atoms with E-state index in [2.05, 4.69) is 4.98 Å². The summed E-state index contributed by atoms with van der Waals surface area (Å²) in [5, 5.41) is 11.7. The lowest BCUT2D eigenvalue weighted by Gasteiger charge is -2.21. The van der Waals surface area contributed by atoms with E-state index in [-0.39, 0.29) is 6.54 Å². The van der Waals surface area contributed by atoms with E-state index in [0.29, 0.717) is 5.69 Å². The molecule has 8 heteroatoms. The monoisotopic (exact) mass is 346 g/mol. The molecule has 1 atom stereocenters. The van der Waals surface area contributed by atoms with Gasteiger partial charge in [-0.3, -0.25) is 4.90 Å². The van der Waals surface area contributed by atoms with Crippen LogP contribution < -0.4 is 4.74 Å². The Labute approximate surface area is 136 Å². The summed E-state index contributed by atoms with van der Waals surface area (Å²) in [7, 11) is 3.10. The standard InChI is InChI=1S/C15H17F3N2O2S/c1-20(8-13(21)15(16,17)18)7-11-9-23-14(19-11)10-3-5-12(22-2)6-4-10/h3-6,9,13,21H,7-8H2,1-2H3. The zero-order valence-corrected chi connectivity index (χ0v) is 13.5. The van der Waals surface area contributed by atoms with Crippen molar-refractivity contribution in [3.05, 3.63) is 35.3 Å². The second-order valence-electron chi connectivity index (χ2n) is 5.13. The maximum Gasteiger partial charge on any atom is 0.415 e. The quantitative estimate of drug-likeness (QED) is 0.873. The minimum atomic E-state index is -4.61. The van der Waals surface area contributed by atoms with Crippen molar-refractivity contribution in [3.63, 3.8) is 0 Å². The fraction of sp³-hybridized carbons (Fsp3) is 0.400. The first-order valence-electron chi connectivity index (χ1n) is 6.81. The zero-order chi connectivity index (χ0) is 17.0. The van der Waals surface area contributed by atoms with Gasteiger partial charge < -0.3 is 9.84 Å². The molecule has 0 spiro atoms. The molecule has 23 heavy (non-hydrogen) atoms.